The van der Waals surface area contributed by atoms with E-state index in [4.69, 9.17) is 4.42 Å². The minimum atomic E-state index is -3.85. The third-order valence-corrected chi connectivity index (χ3v) is 5.20. The predicted molar refractivity (Wildman–Crippen MR) is 70.9 cm³/mol. The van der Waals surface area contributed by atoms with Gasteiger partial charge in [0, 0.05) is 6.04 Å². The lowest BCUT2D eigenvalue weighted by Crippen LogP contribution is -2.33. The van der Waals surface area contributed by atoms with Gasteiger partial charge in [0.05, 0.1) is 12.8 Å². The molecule has 20 heavy (non-hydrogen) atoms. The molecule has 3 rings (SSSR count). The van der Waals surface area contributed by atoms with E-state index in [0.717, 1.165) is 18.9 Å². The van der Waals surface area contributed by atoms with Crippen molar-refractivity contribution < 1.29 is 17.2 Å². The molecule has 0 unspecified atom stereocenters. The molecule has 0 amide bonds. The van der Waals surface area contributed by atoms with Gasteiger partial charge in [0.1, 0.15) is 16.5 Å². The van der Waals surface area contributed by atoms with Gasteiger partial charge < -0.3 is 4.42 Å². The summed E-state index contributed by atoms with van der Waals surface area (Å²) >= 11 is 0. The van der Waals surface area contributed by atoms with Crippen LogP contribution in [0.2, 0.25) is 0 Å². The molecule has 1 aromatic carbocycles. The van der Waals surface area contributed by atoms with Crippen LogP contribution in [-0.4, -0.2) is 18.8 Å². The second kappa shape index (κ2) is 5.03. The first kappa shape index (κ1) is 13.3. The Morgan fingerprint density at radius 3 is 2.55 bits per heavy atom. The highest BCUT2D eigenvalue weighted by Crippen LogP contribution is 2.34. The van der Waals surface area contributed by atoms with E-state index in [0.29, 0.717) is 5.76 Å². The highest BCUT2D eigenvalue weighted by molar-refractivity contribution is 7.89. The topological polar surface area (TPSA) is 50.5 Å². The zero-order valence-corrected chi connectivity index (χ0v) is 11.5. The van der Waals surface area contributed by atoms with Crippen LogP contribution in [0.1, 0.15) is 18.6 Å². The van der Waals surface area contributed by atoms with Crippen molar-refractivity contribution in [2.45, 2.75) is 30.3 Å². The van der Waals surface area contributed by atoms with E-state index >= 15 is 0 Å². The second-order valence-electron chi connectivity index (χ2n) is 4.79. The Balaban J connectivity index is 1.96. The number of sulfonamides is 1. The molecule has 106 valence electrons. The molecule has 1 aromatic heterocycles. The quantitative estimate of drug-likeness (QED) is 0.852. The van der Waals surface area contributed by atoms with Crippen molar-refractivity contribution in [1.29, 1.82) is 0 Å². The third kappa shape index (κ3) is 2.48. The van der Waals surface area contributed by atoms with Crippen LogP contribution in [0, 0.1) is 5.82 Å². The summed E-state index contributed by atoms with van der Waals surface area (Å²) < 4.78 is 45.5. The van der Waals surface area contributed by atoms with Crippen molar-refractivity contribution in [1.82, 2.24) is 4.31 Å². The van der Waals surface area contributed by atoms with E-state index < -0.39 is 15.8 Å². The Morgan fingerprint density at radius 1 is 1.20 bits per heavy atom. The van der Waals surface area contributed by atoms with Gasteiger partial charge in [0.15, 0.2) is 0 Å². The van der Waals surface area contributed by atoms with Crippen molar-refractivity contribution >= 4 is 10.0 Å². The molecule has 4 nitrogen and oxygen atoms in total. The molecule has 1 fully saturated rings. The zero-order chi connectivity index (χ0) is 14.2. The average molecular weight is 295 g/mol. The van der Waals surface area contributed by atoms with Gasteiger partial charge >= 0.3 is 0 Å². The van der Waals surface area contributed by atoms with Crippen molar-refractivity contribution in [2.24, 2.45) is 0 Å². The number of halogens is 1. The average Bonchev–Trinajstić information content (AvgIpc) is 3.12. The van der Waals surface area contributed by atoms with Gasteiger partial charge in [-0.15, -0.1) is 0 Å². The number of rotatable bonds is 5. The lowest BCUT2D eigenvalue weighted by atomic mass is 10.3. The summed E-state index contributed by atoms with van der Waals surface area (Å²) in [6.45, 7) is 0.133. The first-order valence-electron chi connectivity index (χ1n) is 6.38. The van der Waals surface area contributed by atoms with Crippen molar-refractivity contribution in [2.75, 3.05) is 0 Å². The molecule has 1 aliphatic rings. The summed E-state index contributed by atoms with van der Waals surface area (Å²) in [6.07, 6.45) is 3.10. The van der Waals surface area contributed by atoms with Gasteiger partial charge in [-0.25, -0.2) is 12.8 Å². The maximum atomic E-state index is 13.8. The molecule has 1 saturated carbocycles. The number of hydrogen-bond acceptors (Lipinski definition) is 3. The molecule has 1 heterocycles. The smallest absolute Gasteiger partial charge is 0.246 e. The first-order chi connectivity index (χ1) is 9.59. The molecule has 0 spiro atoms. The van der Waals surface area contributed by atoms with Crippen LogP contribution in [0.5, 0.6) is 0 Å². The van der Waals surface area contributed by atoms with Crippen LogP contribution < -0.4 is 0 Å². The minimum absolute atomic E-state index is 0.0651. The zero-order valence-electron chi connectivity index (χ0n) is 10.7. The van der Waals surface area contributed by atoms with Crippen LogP contribution in [0.3, 0.4) is 0 Å². The Labute approximate surface area is 116 Å². The normalized spacial score (nSPS) is 15.7. The van der Waals surface area contributed by atoms with E-state index in [1.807, 2.05) is 0 Å². The fourth-order valence-electron chi connectivity index (χ4n) is 2.11. The summed E-state index contributed by atoms with van der Waals surface area (Å²) in [4.78, 5) is -0.279. The molecule has 0 atom stereocenters. The summed E-state index contributed by atoms with van der Waals surface area (Å²) in [5.74, 6) is -0.172. The molecule has 0 N–H and O–H groups in total. The van der Waals surface area contributed by atoms with Gasteiger partial charge in [0.25, 0.3) is 0 Å². The fourth-order valence-corrected chi connectivity index (χ4v) is 3.83. The molecule has 1 aliphatic carbocycles. The molecular formula is C14H14FNO3S. The summed E-state index contributed by atoms with van der Waals surface area (Å²) in [7, 11) is -3.85. The maximum absolute atomic E-state index is 13.8. The van der Waals surface area contributed by atoms with Crippen LogP contribution in [0.25, 0.3) is 0 Å². The van der Waals surface area contributed by atoms with E-state index in [9.17, 15) is 12.8 Å². The van der Waals surface area contributed by atoms with Crippen LogP contribution in [-0.2, 0) is 16.6 Å². The van der Waals surface area contributed by atoms with E-state index in [-0.39, 0.29) is 17.5 Å². The third-order valence-electron chi connectivity index (χ3n) is 3.27. The Morgan fingerprint density at radius 2 is 1.95 bits per heavy atom. The molecule has 0 radical (unpaired) electrons. The monoisotopic (exact) mass is 295 g/mol. The summed E-state index contributed by atoms with van der Waals surface area (Å²) in [5.41, 5.74) is 0. The van der Waals surface area contributed by atoms with Gasteiger partial charge in [-0.1, -0.05) is 12.1 Å². The molecular weight excluding hydrogens is 281 g/mol. The largest absolute Gasteiger partial charge is 0.468 e. The number of nitrogens with zero attached hydrogens (tertiary/aromatic N) is 1. The van der Waals surface area contributed by atoms with Gasteiger partial charge in [-0.3, -0.25) is 0 Å². The van der Waals surface area contributed by atoms with Crippen molar-refractivity contribution in [3.63, 3.8) is 0 Å². The molecule has 0 aliphatic heterocycles. The van der Waals surface area contributed by atoms with Gasteiger partial charge in [0.2, 0.25) is 10.0 Å². The highest BCUT2D eigenvalue weighted by Gasteiger charge is 2.39. The van der Waals surface area contributed by atoms with Crippen LogP contribution in [0.4, 0.5) is 4.39 Å². The Bertz CT molecular complexity index is 693. The lowest BCUT2D eigenvalue weighted by Gasteiger charge is -2.21. The molecule has 0 saturated heterocycles. The molecule has 2 aromatic rings. The summed E-state index contributed by atoms with van der Waals surface area (Å²) in [5, 5.41) is 0. The summed E-state index contributed by atoms with van der Waals surface area (Å²) in [6, 6.07) is 8.80. The SMILES string of the molecule is O=S(=O)(c1ccccc1F)N(Cc1ccco1)C1CC1. The van der Waals surface area contributed by atoms with E-state index in [1.165, 1.54) is 28.8 Å². The standard InChI is InChI=1S/C14H14FNO3S/c15-13-5-1-2-6-14(13)20(17,18)16(11-7-8-11)10-12-4-3-9-19-12/h1-6,9,11H,7-8,10H2. The van der Waals surface area contributed by atoms with E-state index in [1.54, 1.807) is 12.1 Å². The van der Waals surface area contributed by atoms with Gasteiger partial charge in [-0.2, -0.15) is 4.31 Å². The Hall–Kier alpha value is -1.66. The minimum Gasteiger partial charge on any atom is -0.468 e. The fraction of sp³-hybridized carbons (Fsp3) is 0.286. The molecule has 6 heteroatoms. The first-order valence-corrected chi connectivity index (χ1v) is 7.82. The van der Waals surface area contributed by atoms with E-state index in [2.05, 4.69) is 0 Å². The maximum Gasteiger partial charge on any atom is 0.246 e. The number of furan rings is 1. The Kier molecular flexibility index (Phi) is 3.35. The van der Waals surface area contributed by atoms with Gasteiger partial charge in [-0.05, 0) is 37.1 Å². The highest BCUT2D eigenvalue weighted by atomic mass is 32.2. The van der Waals surface area contributed by atoms with Crippen molar-refractivity contribution in [3.05, 3.63) is 54.2 Å². The van der Waals surface area contributed by atoms with Crippen LogP contribution >= 0.6 is 0 Å². The number of hydrogen-bond donors (Lipinski definition) is 0. The predicted octanol–water partition coefficient (Wildman–Crippen LogP) is 2.77. The van der Waals surface area contributed by atoms with Crippen molar-refractivity contribution in [3.8, 4) is 0 Å². The lowest BCUT2D eigenvalue weighted by molar-refractivity contribution is 0.355. The second-order valence-corrected chi connectivity index (χ2v) is 6.65. The van der Waals surface area contributed by atoms with Crippen LogP contribution in [0.15, 0.2) is 52.0 Å². The molecule has 0 bridgehead atoms. The number of benzene rings is 1.